The van der Waals surface area contributed by atoms with Crippen molar-refractivity contribution < 1.29 is 36.6 Å². The molecule has 0 saturated carbocycles. The minimum absolute atomic E-state index is 0.0223. The molecule has 9 nitrogen and oxygen atoms in total. The number of fused-ring (bicyclic) bond motifs is 1. The molecule has 0 spiro atoms. The van der Waals surface area contributed by atoms with Crippen molar-refractivity contribution in [1.29, 1.82) is 0 Å². The molecule has 5 rings (SSSR count). The van der Waals surface area contributed by atoms with Crippen molar-refractivity contribution in [3.63, 3.8) is 0 Å². The molecule has 5 aromatic rings. The highest BCUT2D eigenvalue weighted by Crippen LogP contribution is 2.35. The van der Waals surface area contributed by atoms with Gasteiger partial charge in [0.15, 0.2) is 23.1 Å². The van der Waals surface area contributed by atoms with E-state index in [4.69, 9.17) is 14.2 Å². The summed E-state index contributed by atoms with van der Waals surface area (Å²) in [6, 6.07) is 10.3. The van der Waals surface area contributed by atoms with Gasteiger partial charge in [-0.25, -0.2) is 22.5 Å². The Balaban J connectivity index is 1.47. The van der Waals surface area contributed by atoms with E-state index < -0.39 is 41.5 Å². The van der Waals surface area contributed by atoms with Gasteiger partial charge < -0.3 is 24.1 Å². The maximum atomic E-state index is 15.2. The van der Waals surface area contributed by atoms with Crippen LogP contribution in [0.2, 0.25) is 0 Å². The molecule has 13 heteroatoms. The average Bonchev–Trinajstić information content (AvgIpc) is 2.99. The Morgan fingerprint density at radius 3 is 2.40 bits per heavy atom. The summed E-state index contributed by atoms with van der Waals surface area (Å²) in [5.74, 6) is -1.88. The highest BCUT2D eigenvalue weighted by atomic mass is 19.3. The number of hydrogen-bond acceptors (Lipinski definition) is 7. The van der Waals surface area contributed by atoms with E-state index in [1.807, 2.05) is 0 Å². The Bertz CT molecular complexity index is 2000. The molecule has 0 saturated heterocycles. The minimum atomic E-state index is -2.79. The molecule has 0 aliphatic rings. The van der Waals surface area contributed by atoms with Crippen LogP contribution in [0.25, 0.3) is 22.2 Å². The fraction of sp³-hybridized carbons (Fsp3) is 0.188. The van der Waals surface area contributed by atoms with Gasteiger partial charge in [-0.1, -0.05) is 6.07 Å². The zero-order valence-corrected chi connectivity index (χ0v) is 24.5. The van der Waals surface area contributed by atoms with E-state index in [2.05, 4.69) is 15.3 Å². The highest BCUT2D eigenvalue weighted by molar-refractivity contribution is 6.05. The van der Waals surface area contributed by atoms with Crippen LogP contribution in [0.5, 0.6) is 23.1 Å². The maximum Gasteiger partial charge on any atom is 0.261 e. The molecule has 45 heavy (non-hydrogen) atoms. The quantitative estimate of drug-likeness (QED) is 0.183. The van der Waals surface area contributed by atoms with Gasteiger partial charge >= 0.3 is 0 Å². The lowest BCUT2D eigenvalue weighted by Crippen LogP contribution is -2.28. The molecule has 0 aliphatic heterocycles. The summed E-state index contributed by atoms with van der Waals surface area (Å²) < 4.78 is 73.2. The van der Waals surface area contributed by atoms with E-state index in [0.29, 0.717) is 16.8 Å². The number of rotatable bonds is 9. The number of hydrogen-bond donors (Lipinski definition) is 1. The Hall–Kier alpha value is -5.46. The van der Waals surface area contributed by atoms with Crippen molar-refractivity contribution in [3.05, 3.63) is 99.6 Å². The molecule has 0 atom stereocenters. The number of carbonyl (C=O) groups is 1. The number of nitrogens with zero attached hydrogens (tertiary/aromatic N) is 3. The predicted octanol–water partition coefficient (Wildman–Crippen LogP) is 6.68. The second kappa shape index (κ2) is 12.6. The molecule has 232 valence electrons. The number of nitrogens with one attached hydrogen (secondary N) is 1. The van der Waals surface area contributed by atoms with Gasteiger partial charge in [-0.3, -0.25) is 14.6 Å². The van der Waals surface area contributed by atoms with Crippen LogP contribution in [-0.2, 0) is 6.54 Å². The van der Waals surface area contributed by atoms with E-state index in [9.17, 15) is 22.8 Å². The smallest absolute Gasteiger partial charge is 0.261 e. The monoisotopic (exact) mass is 622 g/mol. The third-order valence-corrected chi connectivity index (χ3v) is 7.02. The van der Waals surface area contributed by atoms with Gasteiger partial charge in [0.25, 0.3) is 18.2 Å². The van der Waals surface area contributed by atoms with Crippen LogP contribution in [-0.4, -0.2) is 41.1 Å². The number of amides is 1. The zero-order chi connectivity index (χ0) is 32.4. The first kappa shape index (κ1) is 31.0. The number of aryl methyl sites for hydroxylation is 1. The Labute approximate surface area is 254 Å². The summed E-state index contributed by atoms with van der Waals surface area (Å²) in [7, 11) is 2.86. The fourth-order valence-electron chi connectivity index (χ4n) is 4.84. The molecule has 1 N–H and O–H groups in total. The van der Waals surface area contributed by atoms with Crippen LogP contribution in [0.4, 0.5) is 23.2 Å². The summed E-state index contributed by atoms with van der Waals surface area (Å²) in [6.45, 7) is 2.12. The lowest BCUT2D eigenvalue weighted by Gasteiger charge is -2.18. The topological polar surface area (TPSA) is 105 Å². The van der Waals surface area contributed by atoms with Crippen molar-refractivity contribution in [2.75, 3.05) is 19.5 Å². The molecule has 2 aromatic carbocycles. The third-order valence-electron chi connectivity index (χ3n) is 7.02. The molecule has 0 bridgehead atoms. The first-order valence-electron chi connectivity index (χ1n) is 13.5. The second-order valence-electron chi connectivity index (χ2n) is 9.91. The number of methoxy groups -OCH3 is 2. The largest absolute Gasteiger partial charge is 0.491 e. The summed E-state index contributed by atoms with van der Waals surface area (Å²) in [5, 5.41) is 2.46. The molecule has 0 unspecified atom stereocenters. The number of pyridine rings is 3. The lowest BCUT2D eigenvalue weighted by molar-refractivity contribution is 0.102. The summed E-state index contributed by atoms with van der Waals surface area (Å²) >= 11 is 0. The van der Waals surface area contributed by atoms with Crippen LogP contribution < -0.4 is 25.0 Å². The average molecular weight is 623 g/mol. The Morgan fingerprint density at radius 1 is 0.956 bits per heavy atom. The third kappa shape index (κ3) is 6.28. The van der Waals surface area contributed by atoms with E-state index in [1.165, 1.54) is 63.9 Å². The van der Waals surface area contributed by atoms with Crippen molar-refractivity contribution in [2.24, 2.45) is 0 Å². The fourth-order valence-corrected chi connectivity index (χ4v) is 4.84. The highest BCUT2D eigenvalue weighted by Gasteiger charge is 2.23. The molecule has 1 amide bonds. The molecular weight excluding hydrogens is 596 g/mol. The van der Waals surface area contributed by atoms with Gasteiger partial charge in [0.2, 0.25) is 5.43 Å². The number of alkyl halides is 2. The van der Waals surface area contributed by atoms with Gasteiger partial charge in [0.1, 0.15) is 16.9 Å². The van der Waals surface area contributed by atoms with Crippen molar-refractivity contribution in [3.8, 4) is 34.3 Å². The van der Waals surface area contributed by atoms with Crippen LogP contribution in [0, 0.1) is 25.5 Å². The molecule has 0 aliphatic carbocycles. The number of halogens is 4. The number of benzene rings is 2. The van der Waals surface area contributed by atoms with Crippen molar-refractivity contribution in [2.45, 2.75) is 26.8 Å². The van der Waals surface area contributed by atoms with Gasteiger partial charge in [-0.05, 0) is 49.2 Å². The minimum Gasteiger partial charge on any atom is -0.491 e. The van der Waals surface area contributed by atoms with E-state index in [-0.39, 0.29) is 45.4 Å². The van der Waals surface area contributed by atoms with E-state index in [0.717, 1.165) is 16.7 Å². The first-order valence-corrected chi connectivity index (χ1v) is 13.5. The number of anilines is 1. The summed E-state index contributed by atoms with van der Waals surface area (Å²) in [5.41, 5.74) is 0.0393. The summed E-state index contributed by atoms with van der Waals surface area (Å²) in [6.07, 6.45) is -0.125. The predicted molar refractivity (Wildman–Crippen MR) is 159 cm³/mol. The van der Waals surface area contributed by atoms with E-state index >= 15 is 4.39 Å². The summed E-state index contributed by atoms with van der Waals surface area (Å²) in [4.78, 5) is 35.5. The first-order chi connectivity index (χ1) is 21.5. The SMILES string of the molecule is COc1cc2nccc(Oc3ccc(NC(=O)c4c(C)n(CC(F)F)cc(-c5ccc(F)cc5C)c4=O)cc3F)c2nc1OC. The van der Waals surface area contributed by atoms with Crippen LogP contribution in [0.1, 0.15) is 21.6 Å². The van der Waals surface area contributed by atoms with Crippen LogP contribution in [0.3, 0.4) is 0 Å². The standard InChI is InChI=1S/C32H26F4N4O5/c1-16-11-18(33)5-7-20(16)21-14-40(15-27(35)36)17(2)28(30(21)41)31(42)38-19-6-8-24(22(34)12-19)45-25-9-10-37-23-13-26(43-3)32(44-4)39-29(23)25/h5-14,27H,15H2,1-4H3,(H,38,42). The molecule has 0 fully saturated rings. The number of carbonyl (C=O) groups excluding carboxylic acids is 1. The van der Waals surface area contributed by atoms with Crippen molar-refractivity contribution >= 4 is 22.6 Å². The normalized spacial score (nSPS) is 11.1. The lowest BCUT2D eigenvalue weighted by atomic mass is 9.98. The number of aromatic nitrogens is 3. The van der Waals surface area contributed by atoms with Gasteiger partial charge in [0.05, 0.1) is 26.3 Å². The molecule has 3 heterocycles. The Kier molecular flexibility index (Phi) is 8.70. The van der Waals surface area contributed by atoms with Crippen LogP contribution in [0.15, 0.2) is 65.7 Å². The molecule has 3 aromatic heterocycles. The van der Waals surface area contributed by atoms with Crippen molar-refractivity contribution in [1.82, 2.24) is 14.5 Å². The van der Waals surface area contributed by atoms with Gasteiger partial charge in [-0.2, -0.15) is 0 Å². The number of ether oxygens (including phenoxy) is 3. The van der Waals surface area contributed by atoms with Gasteiger partial charge in [-0.15, -0.1) is 0 Å². The Morgan fingerprint density at radius 2 is 1.73 bits per heavy atom. The second-order valence-corrected chi connectivity index (χ2v) is 9.91. The molecular formula is C32H26F4N4O5. The van der Waals surface area contributed by atoms with Gasteiger partial charge in [0, 0.05) is 47.5 Å². The van der Waals surface area contributed by atoms with E-state index in [1.54, 1.807) is 13.0 Å². The maximum absolute atomic E-state index is 15.2. The zero-order valence-electron chi connectivity index (χ0n) is 24.5. The van der Waals surface area contributed by atoms with Crippen LogP contribution >= 0.6 is 0 Å². The molecule has 0 radical (unpaired) electrons.